The van der Waals surface area contributed by atoms with Crippen LogP contribution in [-0.2, 0) is 6.42 Å². The van der Waals surface area contributed by atoms with Crippen LogP contribution >= 0.6 is 0 Å². The van der Waals surface area contributed by atoms with E-state index in [0.717, 1.165) is 56.2 Å². The second kappa shape index (κ2) is 11.4. The third kappa shape index (κ3) is 6.07. The molecule has 1 heterocycles. The van der Waals surface area contributed by atoms with Crippen LogP contribution in [0, 0.1) is 0 Å². The lowest BCUT2D eigenvalue weighted by atomic mass is 9.87. The average Bonchev–Trinajstić information content (AvgIpc) is 2.85. The molecule has 4 unspecified atom stereocenters. The summed E-state index contributed by atoms with van der Waals surface area (Å²) in [5, 5.41) is 21.9. The molecular formula is C29H35NO2. The van der Waals surface area contributed by atoms with E-state index in [0.29, 0.717) is 12.1 Å². The number of hydrogen-bond acceptors (Lipinski definition) is 3. The first-order valence-corrected chi connectivity index (χ1v) is 12.0. The van der Waals surface area contributed by atoms with Gasteiger partial charge >= 0.3 is 0 Å². The zero-order valence-corrected chi connectivity index (χ0v) is 18.8. The summed E-state index contributed by atoms with van der Waals surface area (Å²) in [6.07, 6.45) is 4.86. The number of likely N-dealkylation sites (tertiary alicyclic amines) is 1. The van der Waals surface area contributed by atoms with Crippen LogP contribution < -0.4 is 0 Å². The summed E-state index contributed by atoms with van der Waals surface area (Å²) in [5.74, 6) is 0. The Bertz CT molecular complexity index is 860. The van der Waals surface area contributed by atoms with Gasteiger partial charge in [-0.1, -0.05) is 97.4 Å². The monoisotopic (exact) mass is 429 g/mol. The number of hydrogen-bond donors (Lipinski definition) is 2. The van der Waals surface area contributed by atoms with Gasteiger partial charge in [0, 0.05) is 18.6 Å². The molecule has 0 saturated carbocycles. The fraction of sp³-hybridized carbons (Fsp3) is 0.379. The molecule has 0 bridgehead atoms. The van der Waals surface area contributed by atoms with Gasteiger partial charge in [0.25, 0.3) is 0 Å². The maximum Gasteiger partial charge on any atom is 0.0805 e. The second-order valence-corrected chi connectivity index (χ2v) is 9.04. The second-order valence-electron chi connectivity index (χ2n) is 9.04. The summed E-state index contributed by atoms with van der Waals surface area (Å²) in [6, 6.07) is 31.2. The summed E-state index contributed by atoms with van der Waals surface area (Å²) in [4.78, 5) is 2.58. The van der Waals surface area contributed by atoms with Gasteiger partial charge in [0.2, 0.25) is 0 Å². The van der Waals surface area contributed by atoms with E-state index in [4.69, 9.17) is 0 Å². The zero-order chi connectivity index (χ0) is 22.2. The summed E-state index contributed by atoms with van der Waals surface area (Å²) in [7, 11) is 0. The van der Waals surface area contributed by atoms with Gasteiger partial charge in [-0.25, -0.2) is 0 Å². The van der Waals surface area contributed by atoms with Crippen molar-refractivity contribution in [3.05, 3.63) is 108 Å². The summed E-state index contributed by atoms with van der Waals surface area (Å²) in [5.41, 5.74) is 3.31. The molecule has 1 saturated heterocycles. The van der Waals surface area contributed by atoms with Crippen LogP contribution in [0.3, 0.4) is 0 Å². The summed E-state index contributed by atoms with van der Waals surface area (Å²) in [6.45, 7) is 0.947. The van der Waals surface area contributed by atoms with E-state index in [1.807, 2.05) is 60.7 Å². The maximum atomic E-state index is 10.9. The quantitative estimate of drug-likeness (QED) is 0.459. The molecular weight excluding hydrogens is 394 g/mol. The predicted molar refractivity (Wildman–Crippen MR) is 130 cm³/mol. The zero-order valence-electron chi connectivity index (χ0n) is 18.8. The average molecular weight is 430 g/mol. The van der Waals surface area contributed by atoms with Crippen molar-refractivity contribution in [1.82, 2.24) is 4.90 Å². The van der Waals surface area contributed by atoms with Crippen LogP contribution in [0.1, 0.15) is 61.0 Å². The molecule has 0 aliphatic carbocycles. The van der Waals surface area contributed by atoms with E-state index in [1.54, 1.807) is 0 Å². The molecule has 1 aliphatic rings. The van der Waals surface area contributed by atoms with Gasteiger partial charge in [0.05, 0.1) is 12.2 Å². The highest BCUT2D eigenvalue weighted by Crippen LogP contribution is 2.34. The molecule has 1 fully saturated rings. The van der Waals surface area contributed by atoms with Crippen molar-refractivity contribution in [2.75, 3.05) is 6.54 Å². The molecule has 0 radical (unpaired) electrons. The van der Waals surface area contributed by atoms with Crippen molar-refractivity contribution in [3.63, 3.8) is 0 Å². The fourth-order valence-electron chi connectivity index (χ4n) is 5.13. The SMILES string of the molecule is OC(CC1CCCC(CC(O)c2ccccc2)N1CCc1ccccc1)c1ccccc1. The Labute approximate surface area is 192 Å². The number of nitrogens with zero attached hydrogens (tertiary/aromatic N) is 1. The Morgan fingerprint density at radius 2 is 1.09 bits per heavy atom. The number of benzene rings is 3. The highest BCUT2D eigenvalue weighted by Gasteiger charge is 2.33. The van der Waals surface area contributed by atoms with Gasteiger partial charge in [-0.15, -0.1) is 0 Å². The minimum atomic E-state index is -0.460. The number of piperidine rings is 1. The first-order chi connectivity index (χ1) is 15.7. The number of aliphatic hydroxyl groups excluding tert-OH is 2. The van der Waals surface area contributed by atoms with Crippen molar-refractivity contribution in [1.29, 1.82) is 0 Å². The Balaban J connectivity index is 1.49. The number of aliphatic hydroxyl groups is 2. The minimum absolute atomic E-state index is 0.315. The first kappa shape index (κ1) is 22.7. The topological polar surface area (TPSA) is 43.7 Å². The van der Waals surface area contributed by atoms with Crippen LogP contribution in [0.4, 0.5) is 0 Å². The summed E-state index contributed by atoms with van der Waals surface area (Å²) < 4.78 is 0. The largest absolute Gasteiger partial charge is 0.388 e. The van der Waals surface area contributed by atoms with E-state index in [1.165, 1.54) is 5.56 Å². The van der Waals surface area contributed by atoms with Crippen molar-refractivity contribution in [2.45, 2.75) is 62.8 Å². The van der Waals surface area contributed by atoms with Crippen LogP contribution in [0.25, 0.3) is 0 Å². The van der Waals surface area contributed by atoms with E-state index in [2.05, 4.69) is 35.2 Å². The lowest BCUT2D eigenvalue weighted by Gasteiger charge is -2.44. The van der Waals surface area contributed by atoms with Crippen LogP contribution in [0.5, 0.6) is 0 Å². The Morgan fingerprint density at radius 1 is 0.656 bits per heavy atom. The maximum absolute atomic E-state index is 10.9. The van der Waals surface area contributed by atoms with E-state index in [-0.39, 0.29) is 0 Å². The molecule has 4 atom stereocenters. The van der Waals surface area contributed by atoms with Crippen molar-refractivity contribution in [2.24, 2.45) is 0 Å². The normalized spacial score (nSPS) is 21.2. The molecule has 4 rings (SSSR count). The smallest absolute Gasteiger partial charge is 0.0805 e. The molecule has 3 nitrogen and oxygen atoms in total. The minimum Gasteiger partial charge on any atom is -0.388 e. The Hall–Kier alpha value is -2.46. The molecule has 3 heteroatoms. The molecule has 2 N–H and O–H groups in total. The van der Waals surface area contributed by atoms with Crippen molar-refractivity contribution < 1.29 is 10.2 Å². The Kier molecular flexibility index (Phi) is 8.11. The Morgan fingerprint density at radius 3 is 1.56 bits per heavy atom. The molecule has 0 amide bonds. The highest BCUT2D eigenvalue weighted by molar-refractivity contribution is 5.19. The third-order valence-electron chi connectivity index (χ3n) is 6.87. The van der Waals surface area contributed by atoms with Crippen molar-refractivity contribution >= 4 is 0 Å². The molecule has 0 aromatic heterocycles. The highest BCUT2D eigenvalue weighted by atomic mass is 16.3. The van der Waals surface area contributed by atoms with Crippen molar-refractivity contribution in [3.8, 4) is 0 Å². The number of rotatable bonds is 9. The molecule has 168 valence electrons. The van der Waals surface area contributed by atoms with E-state index in [9.17, 15) is 10.2 Å². The van der Waals surface area contributed by atoms with Gasteiger partial charge in [-0.2, -0.15) is 0 Å². The fourth-order valence-corrected chi connectivity index (χ4v) is 5.13. The summed E-state index contributed by atoms with van der Waals surface area (Å²) >= 11 is 0. The van der Waals surface area contributed by atoms with Gasteiger partial charge in [0.1, 0.15) is 0 Å². The van der Waals surface area contributed by atoms with E-state index < -0.39 is 12.2 Å². The molecule has 3 aromatic rings. The molecule has 3 aromatic carbocycles. The lowest BCUT2D eigenvalue weighted by Crippen LogP contribution is -2.48. The third-order valence-corrected chi connectivity index (χ3v) is 6.87. The van der Waals surface area contributed by atoms with Crippen LogP contribution in [-0.4, -0.2) is 33.7 Å². The van der Waals surface area contributed by atoms with Gasteiger partial charge in [0.15, 0.2) is 0 Å². The molecule has 32 heavy (non-hydrogen) atoms. The first-order valence-electron chi connectivity index (χ1n) is 12.0. The van der Waals surface area contributed by atoms with Gasteiger partial charge in [-0.05, 0) is 48.8 Å². The molecule has 0 spiro atoms. The lowest BCUT2D eigenvalue weighted by molar-refractivity contribution is 0.0180. The van der Waals surface area contributed by atoms with E-state index >= 15 is 0 Å². The standard InChI is InChI=1S/C29H35NO2/c31-28(24-13-6-2-7-14-24)21-26-17-10-18-27(22-29(32)25-15-8-3-9-16-25)30(26)20-19-23-11-4-1-5-12-23/h1-9,11-16,26-29,31-32H,10,17-22H2. The van der Waals surface area contributed by atoms with Gasteiger partial charge in [-0.3, -0.25) is 4.90 Å². The predicted octanol–water partition coefficient (Wildman–Crippen LogP) is 5.70. The van der Waals surface area contributed by atoms with Crippen LogP contribution in [0.2, 0.25) is 0 Å². The van der Waals surface area contributed by atoms with Gasteiger partial charge < -0.3 is 10.2 Å². The van der Waals surface area contributed by atoms with Crippen LogP contribution in [0.15, 0.2) is 91.0 Å². The molecule has 1 aliphatic heterocycles.